The van der Waals surface area contributed by atoms with Crippen LogP contribution in [0.5, 0.6) is 0 Å². The minimum absolute atomic E-state index is 0.175. The van der Waals surface area contributed by atoms with Gasteiger partial charge in [-0.25, -0.2) is 8.42 Å². The van der Waals surface area contributed by atoms with Gasteiger partial charge >= 0.3 is 0 Å². The largest absolute Gasteiger partial charge is 0.348 e. The molecule has 1 amide bonds. The van der Waals surface area contributed by atoms with Gasteiger partial charge in [0.1, 0.15) is 0 Å². The number of carbonyl (C=O) groups excluding carboxylic acids is 1. The minimum atomic E-state index is -3.62. The number of hydrogen-bond acceptors (Lipinski definition) is 4. The number of rotatable bonds is 7. The smallest absolute Gasteiger partial charge is 0.251 e. The molecular formula is C24H33N3O3S. The normalized spacial score (nSPS) is 20.0. The first kappa shape index (κ1) is 23.4. The van der Waals surface area contributed by atoms with E-state index in [0.717, 1.165) is 18.5 Å². The fourth-order valence-corrected chi connectivity index (χ4v) is 5.89. The van der Waals surface area contributed by atoms with Gasteiger partial charge in [0.05, 0.1) is 4.90 Å². The lowest BCUT2D eigenvalue weighted by molar-refractivity contribution is 0.0950. The molecule has 2 aromatic rings. The van der Waals surface area contributed by atoms with Crippen LogP contribution in [0, 0.1) is 11.8 Å². The van der Waals surface area contributed by atoms with Crippen LogP contribution in [0.2, 0.25) is 0 Å². The molecule has 2 aromatic carbocycles. The summed E-state index contributed by atoms with van der Waals surface area (Å²) in [7, 11) is 0.429. The Balaban J connectivity index is 1.67. The highest BCUT2D eigenvalue weighted by Gasteiger charge is 2.31. The molecule has 1 saturated heterocycles. The van der Waals surface area contributed by atoms with Crippen molar-refractivity contribution < 1.29 is 13.2 Å². The highest BCUT2D eigenvalue weighted by atomic mass is 32.2. The maximum absolute atomic E-state index is 13.1. The van der Waals surface area contributed by atoms with Crippen molar-refractivity contribution in [3.63, 3.8) is 0 Å². The third-order valence-corrected chi connectivity index (χ3v) is 7.37. The van der Waals surface area contributed by atoms with Crippen molar-refractivity contribution in [1.29, 1.82) is 0 Å². The second kappa shape index (κ2) is 9.94. The molecule has 0 saturated carbocycles. The highest BCUT2D eigenvalue weighted by Crippen LogP contribution is 2.27. The number of carbonyl (C=O) groups is 1. The number of piperidine rings is 1. The van der Waals surface area contributed by atoms with Gasteiger partial charge in [0.25, 0.3) is 5.91 Å². The first-order chi connectivity index (χ1) is 14.6. The zero-order valence-electron chi connectivity index (χ0n) is 18.8. The van der Waals surface area contributed by atoms with Crippen molar-refractivity contribution in [2.45, 2.75) is 38.3 Å². The van der Waals surface area contributed by atoms with E-state index in [1.165, 1.54) is 11.6 Å². The van der Waals surface area contributed by atoms with Crippen LogP contribution in [0.25, 0.3) is 0 Å². The quantitative estimate of drug-likeness (QED) is 0.713. The molecule has 1 aliphatic rings. The van der Waals surface area contributed by atoms with Crippen LogP contribution in [-0.2, 0) is 23.1 Å². The summed E-state index contributed by atoms with van der Waals surface area (Å²) in [4.78, 5) is 14.9. The Morgan fingerprint density at radius 3 is 2.26 bits per heavy atom. The second-order valence-electron chi connectivity index (χ2n) is 9.03. The topological polar surface area (TPSA) is 69.7 Å². The summed E-state index contributed by atoms with van der Waals surface area (Å²) in [5.74, 6) is 0.373. The SMILES string of the molecule is CC1CC(C)CN(S(=O)(=O)c2cccc(C(=O)NCc3ccc(CN(C)C)cc3)c2)C1. The molecule has 2 atom stereocenters. The number of hydrogen-bond donors (Lipinski definition) is 1. The van der Waals surface area contributed by atoms with E-state index in [9.17, 15) is 13.2 Å². The van der Waals surface area contributed by atoms with Crippen LogP contribution in [0.1, 0.15) is 41.8 Å². The monoisotopic (exact) mass is 443 g/mol. The van der Waals surface area contributed by atoms with E-state index in [0.29, 0.717) is 37.0 Å². The van der Waals surface area contributed by atoms with Gasteiger partial charge in [0.2, 0.25) is 10.0 Å². The summed E-state index contributed by atoms with van der Waals surface area (Å²) >= 11 is 0. The average Bonchev–Trinajstić information content (AvgIpc) is 2.72. The van der Waals surface area contributed by atoms with Gasteiger partial charge in [-0.1, -0.05) is 44.2 Å². The molecule has 7 heteroatoms. The van der Waals surface area contributed by atoms with E-state index < -0.39 is 10.0 Å². The molecule has 0 aromatic heterocycles. The number of nitrogens with one attached hydrogen (secondary N) is 1. The van der Waals surface area contributed by atoms with E-state index >= 15 is 0 Å². The first-order valence-corrected chi connectivity index (χ1v) is 12.2. The number of nitrogens with zero attached hydrogens (tertiary/aromatic N) is 2. The van der Waals surface area contributed by atoms with Gasteiger partial charge in [-0.3, -0.25) is 4.79 Å². The average molecular weight is 444 g/mol. The predicted molar refractivity (Wildman–Crippen MR) is 123 cm³/mol. The zero-order valence-corrected chi connectivity index (χ0v) is 19.7. The van der Waals surface area contributed by atoms with E-state index in [4.69, 9.17) is 0 Å². The maximum atomic E-state index is 13.1. The van der Waals surface area contributed by atoms with Crippen molar-refractivity contribution in [3.05, 3.63) is 65.2 Å². The van der Waals surface area contributed by atoms with Crippen LogP contribution in [0.4, 0.5) is 0 Å². The summed E-state index contributed by atoms with van der Waals surface area (Å²) in [6.07, 6.45) is 1.03. The van der Waals surface area contributed by atoms with Crippen LogP contribution in [0.15, 0.2) is 53.4 Å². The van der Waals surface area contributed by atoms with Gasteiger partial charge in [0, 0.05) is 31.7 Å². The lowest BCUT2D eigenvalue weighted by Gasteiger charge is -2.34. The second-order valence-corrected chi connectivity index (χ2v) is 11.0. The summed E-state index contributed by atoms with van der Waals surface area (Å²) < 4.78 is 27.8. The third-order valence-electron chi connectivity index (χ3n) is 5.54. The minimum Gasteiger partial charge on any atom is -0.348 e. The highest BCUT2D eigenvalue weighted by molar-refractivity contribution is 7.89. The van der Waals surface area contributed by atoms with E-state index in [-0.39, 0.29) is 10.8 Å². The Hall–Kier alpha value is -2.22. The van der Waals surface area contributed by atoms with E-state index in [1.54, 1.807) is 22.5 Å². The van der Waals surface area contributed by atoms with Crippen molar-refractivity contribution >= 4 is 15.9 Å². The Labute approximate surface area is 186 Å². The Kier molecular flexibility index (Phi) is 7.51. The number of benzene rings is 2. The van der Waals surface area contributed by atoms with Crippen molar-refractivity contribution in [1.82, 2.24) is 14.5 Å². The van der Waals surface area contributed by atoms with Crippen molar-refractivity contribution in [3.8, 4) is 0 Å². The standard InChI is InChI=1S/C24H33N3O3S/c1-18-12-19(2)16-27(15-18)31(29,30)23-7-5-6-22(13-23)24(28)25-14-20-8-10-21(11-9-20)17-26(3)4/h5-11,13,18-19H,12,14-17H2,1-4H3,(H,25,28). The molecule has 1 N–H and O–H groups in total. The zero-order chi connectivity index (χ0) is 22.6. The molecule has 6 nitrogen and oxygen atoms in total. The third kappa shape index (κ3) is 6.15. The van der Waals surface area contributed by atoms with Gasteiger partial charge in [-0.15, -0.1) is 0 Å². The molecule has 31 heavy (non-hydrogen) atoms. The molecular weight excluding hydrogens is 410 g/mol. The molecule has 1 aliphatic heterocycles. The Bertz CT molecular complexity index is 993. The maximum Gasteiger partial charge on any atom is 0.251 e. The predicted octanol–water partition coefficient (Wildman–Crippen LogP) is 3.34. The van der Waals surface area contributed by atoms with E-state index in [2.05, 4.69) is 36.2 Å². The molecule has 0 aliphatic carbocycles. The molecule has 1 fully saturated rings. The Morgan fingerprint density at radius 1 is 1.03 bits per heavy atom. The van der Waals surface area contributed by atoms with Crippen LogP contribution < -0.4 is 5.32 Å². The molecule has 2 unspecified atom stereocenters. The summed E-state index contributed by atoms with van der Waals surface area (Å²) in [6.45, 7) is 6.45. The molecule has 168 valence electrons. The van der Waals surface area contributed by atoms with Gasteiger partial charge in [0.15, 0.2) is 0 Å². The summed E-state index contributed by atoms with van der Waals surface area (Å²) in [6, 6.07) is 14.4. The molecule has 0 bridgehead atoms. The van der Waals surface area contributed by atoms with Crippen LogP contribution >= 0.6 is 0 Å². The number of amides is 1. The van der Waals surface area contributed by atoms with Crippen LogP contribution in [0.3, 0.4) is 0 Å². The molecule has 3 rings (SSSR count). The lowest BCUT2D eigenvalue weighted by atomic mass is 9.94. The van der Waals surface area contributed by atoms with Gasteiger partial charge in [-0.05, 0) is 61.7 Å². The molecule has 0 spiro atoms. The van der Waals surface area contributed by atoms with E-state index in [1.807, 2.05) is 26.2 Å². The molecule has 1 heterocycles. The number of sulfonamides is 1. The van der Waals surface area contributed by atoms with Crippen molar-refractivity contribution in [2.24, 2.45) is 11.8 Å². The molecule has 0 radical (unpaired) electrons. The van der Waals surface area contributed by atoms with Crippen molar-refractivity contribution in [2.75, 3.05) is 27.2 Å². The lowest BCUT2D eigenvalue weighted by Crippen LogP contribution is -2.42. The van der Waals surface area contributed by atoms with Gasteiger partial charge < -0.3 is 10.2 Å². The van der Waals surface area contributed by atoms with Gasteiger partial charge in [-0.2, -0.15) is 4.31 Å². The van der Waals surface area contributed by atoms with Crippen LogP contribution in [-0.4, -0.2) is 50.7 Å². The first-order valence-electron chi connectivity index (χ1n) is 10.8. The summed E-state index contributed by atoms with van der Waals surface area (Å²) in [5, 5.41) is 2.89. The summed E-state index contributed by atoms with van der Waals surface area (Å²) in [5.41, 5.74) is 2.55. The Morgan fingerprint density at radius 2 is 1.65 bits per heavy atom. The fraction of sp³-hybridized carbons (Fsp3) is 0.458. The fourth-order valence-electron chi connectivity index (χ4n) is 4.16.